The number of unbranched alkanes of at least 4 members (excludes halogenated alkanes) is 5. The molecule has 5 atom stereocenters. The standard InChI is InChI=1S/C18H32O6/c1-4-5-6-7-8-9-10-19-11-13-14-15(21-12-20-14)16-17(22-13)24-18(2,3)23-16/h13-17H,4-12H2,1-3H3/t13-,14+,15+,16-,17-/m1/s1. The van der Waals surface area contributed by atoms with E-state index in [-0.39, 0.29) is 31.2 Å². The van der Waals surface area contributed by atoms with Gasteiger partial charge in [0.2, 0.25) is 0 Å². The maximum absolute atomic E-state index is 6.04. The molecular weight excluding hydrogens is 312 g/mol. The molecule has 0 saturated carbocycles. The molecule has 0 aliphatic carbocycles. The van der Waals surface area contributed by atoms with Crippen molar-refractivity contribution in [2.45, 2.75) is 95.8 Å². The van der Waals surface area contributed by atoms with Crippen LogP contribution in [0.3, 0.4) is 0 Å². The highest BCUT2D eigenvalue weighted by Gasteiger charge is 2.57. The second-order valence-corrected chi connectivity index (χ2v) is 7.37. The zero-order chi connectivity index (χ0) is 17.0. The molecular formula is C18H32O6. The topological polar surface area (TPSA) is 55.4 Å². The Morgan fingerprint density at radius 2 is 1.67 bits per heavy atom. The summed E-state index contributed by atoms with van der Waals surface area (Å²) in [6.45, 7) is 7.57. The predicted octanol–water partition coefficient (Wildman–Crippen LogP) is 2.98. The van der Waals surface area contributed by atoms with Gasteiger partial charge in [0.15, 0.2) is 12.1 Å². The number of hydrogen-bond acceptors (Lipinski definition) is 6. The number of hydrogen-bond donors (Lipinski definition) is 0. The van der Waals surface area contributed by atoms with Crippen molar-refractivity contribution in [3.8, 4) is 0 Å². The van der Waals surface area contributed by atoms with Gasteiger partial charge >= 0.3 is 0 Å². The van der Waals surface area contributed by atoms with E-state index in [1.165, 1.54) is 32.1 Å². The molecule has 3 aliphatic rings. The van der Waals surface area contributed by atoms with Gasteiger partial charge in [0.25, 0.3) is 0 Å². The molecule has 0 radical (unpaired) electrons. The van der Waals surface area contributed by atoms with Crippen molar-refractivity contribution in [3.63, 3.8) is 0 Å². The largest absolute Gasteiger partial charge is 0.379 e. The third-order valence-electron chi connectivity index (χ3n) is 4.86. The summed E-state index contributed by atoms with van der Waals surface area (Å²) in [7, 11) is 0. The minimum absolute atomic E-state index is 0.145. The molecule has 0 aromatic heterocycles. The minimum atomic E-state index is -0.653. The summed E-state index contributed by atoms with van der Waals surface area (Å²) >= 11 is 0. The third-order valence-corrected chi connectivity index (χ3v) is 4.86. The lowest BCUT2D eigenvalue weighted by atomic mass is 9.99. The summed E-state index contributed by atoms with van der Waals surface area (Å²) in [6, 6.07) is 0. The number of rotatable bonds is 9. The van der Waals surface area contributed by atoms with Gasteiger partial charge in [-0.1, -0.05) is 39.0 Å². The van der Waals surface area contributed by atoms with Gasteiger partial charge in [-0.25, -0.2) is 0 Å². The zero-order valence-electron chi connectivity index (χ0n) is 15.2. The molecule has 0 aromatic rings. The van der Waals surface area contributed by atoms with Crippen LogP contribution in [0.2, 0.25) is 0 Å². The Kier molecular flexibility index (Phi) is 6.51. The van der Waals surface area contributed by atoms with Crippen molar-refractivity contribution in [1.82, 2.24) is 0 Å². The van der Waals surface area contributed by atoms with Crippen LogP contribution < -0.4 is 0 Å². The Labute approximate surface area is 145 Å². The first-order valence-electron chi connectivity index (χ1n) is 9.43. The molecule has 0 unspecified atom stereocenters. The molecule has 3 rings (SSSR count). The van der Waals surface area contributed by atoms with Crippen LogP contribution in [-0.2, 0) is 28.4 Å². The van der Waals surface area contributed by atoms with Crippen LogP contribution in [-0.4, -0.2) is 56.5 Å². The molecule has 3 fully saturated rings. The molecule has 3 saturated heterocycles. The Balaban J connectivity index is 1.40. The molecule has 6 heteroatoms. The van der Waals surface area contributed by atoms with E-state index in [0.29, 0.717) is 6.61 Å². The van der Waals surface area contributed by atoms with Gasteiger partial charge in [0, 0.05) is 6.61 Å². The van der Waals surface area contributed by atoms with Gasteiger partial charge < -0.3 is 28.4 Å². The molecule has 0 spiro atoms. The molecule has 0 aromatic carbocycles. The highest BCUT2D eigenvalue weighted by Crippen LogP contribution is 2.40. The van der Waals surface area contributed by atoms with Crippen LogP contribution in [0.1, 0.15) is 59.3 Å². The quantitative estimate of drug-likeness (QED) is 0.600. The second kappa shape index (κ2) is 8.43. The van der Waals surface area contributed by atoms with E-state index in [2.05, 4.69) is 6.92 Å². The Hall–Kier alpha value is -0.240. The van der Waals surface area contributed by atoms with Crippen LogP contribution in [0.5, 0.6) is 0 Å². The Bertz CT molecular complexity index is 388. The van der Waals surface area contributed by atoms with E-state index in [0.717, 1.165) is 13.0 Å². The van der Waals surface area contributed by atoms with Gasteiger partial charge in [-0.05, 0) is 20.3 Å². The Morgan fingerprint density at radius 3 is 2.50 bits per heavy atom. The maximum atomic E-state index is 6.04. The van der Waals surface area contributed by atoms with Crippen LogP contribution in [0.25, 0.3) is 0 Å². The van der Waals surface area contributed by atoms with E-state index in [1.54, 1.807) is 0 Å². The smallest absolute Gasteiger partial charge is 0.190 e. The summed E-state index contributed by atoms with van der Waals surface area (Å²) in [5.41, 5.74) is 0. The first-order chi connectivity index (χ1) is 11.6. The lowest BCUT2D eigenvalue weighted by Crippen LogP contribution is -2.56. The fourth-order valence-corrected chi connectivity index (χ4v) is 3.64. The van der Waals surface area contributed by atoms with Gasteiger partial charge in [0.05, 0.1) is 6.61 Å². The maximum Gasteiger partial charge on any atom is 0.190 e. The van der Waals surface area contributed by atoms with E-state index in [1.807, 2.05) is 13.8 Å². The van der Waals surface area contributed by atoms with Crippen LogP contribution in [0.15, 0.2) is 0 Å². The number of fused-ring (bicyclic) bond motifs is 3. The van der Waals surface area contributed by atoms with Crippen molar-refractivity contribution in [2.24, 2.45) is 0 Å². The van der Waals surface area contributed by atoms with Crippen molar-refractivity contribution in [3.05, 3.63) is 0 Å². The van der Waals surface area contributed by atoms with Gasteiger partial charge in [-0.3, -0.25) is 0 Å². The van der Waals surface area contributed by atoms with Gasteiger partial charge in [-0.2, -0.15) is 0 Å². The first kappa shape index (κ1) is 18.5. The average Bonchev–Trinajstić information content (AvgIpc) is 3.12. The second-order valence-electron chi connectivity index (χ2n) is 7.37. The first-order valence-corrected chi connectivity index (χ1v) is 9.43. The molecule has 0 N–H and O–H groups in total. The predicted molar refractivity (Wildman–Crippen MR) is 87.5 cm³/mol. The summed E-state index contributed by atoms with van der Waals surface area (Å²) in [5, 5.41) is 0. The minimum Gasteiger partial charge on any atom is -0.379 e. The average molecular weight is 344 g/mol. The highest BCUT2D eigenvalue weighted by atomic mass is 16.8. The molecule has 6 nitrogen and oxygen atoms in total. The SMILES string of the molecule is CCCCCCCCOC[C@H]1O[C@@H]2OC(C)(C)O[C@@H]2[C@H]2OCO[C@H]21. The van der Waals surface area contributed by atoms with Crippen LogP contribution in [0.4, 0.5) is 0 Å². The van der Waals surface area contributed by atoms with Crippen LogP contribution >= 0.6 is 0 Å². The molecule has 140 valence electrons. The zero-order valence-corrected chi connectivity index (χ0v) is 15.2. The lowest BCUT2D eigenvalue weighted by molar-refractivity contribution is -0.241. The molecule has 3 heterocycles. The molecule has 0 bridgehead atoms. The van der Waals surface area contributed by atoms with Crippen molar-refractivity contribution < 1.29 is 28.4 Å². The van der Waals surface area contributed by atoms with Crippen molar-refractivity contribution in [1.29, 1.82) is 0 Å². The Morgan fingerprint density at radius 1 is 0.917 bits per heavy atom. The molecule has 3 aliphatic heterocycles. The molecule has 24 heavy (non-hydrogen) atoms. The van der Waals surface area contributed by atoms with Gasteiger partial charge in [-0.15, -0.1) is 0 Å². The van der Waals surface area contributed by atoms with E-state index in [9.17, 15) is 0 Å². The summed E-state index contributed by atoms with van der Waals surface area (Å²) in [6.07, 6.45) is 6.46. The van der Waals surface area contributed by atoms with Crippen LogP contribution in [0, 0.1) is 0 Å². The summed E-state index contributed by atoms with van der Waals surface area (Å²) in [4.78, 5) is 0. The van der Waals surface area contributed by atoms with Gasteiger partial charge in [0.1, 0.15) is 31.2 Å². The normalized spacial score (nSPS) is 37.4. The third kappa shape index (κ3) is 4.48. The van der Waals surface area contributed by atoms with E-state index in [4.69, 9.17) is 28.4 Å². The van der Waals surface area contributed by atoms with Crippen molar-refractivity contribution in [2.75, 3.05) is 20.0 Å². The summed E-state index contributed by atoms with van der Waals surface area (Å²) < 4.78 is 35.0. The lowest BCUT2D eigenvalue weighted by Gasteiger charge is -2.37. The van der Waals surface area contributed by atoms with Crippen molar-refractivity contribution >= 4 is 0 Å². The summed E-state index contributed by atoms with van der Waals surface area (Å²) in [5.74, 6) is -0.653. The van der Waals surface area contributed by atoms with E-state index >= 15 is 0 Å². The number of ether oxygens (including phenoxy) is 6. The highest BCUT2D eigenvalue weighted by molar-refractivity contribution is 4.97. The monoisotopic (exact) mass is 344 g/mol. The fourth-order valence-electron chi connectivity index (χ4n) is 3.64. The van der Waals surface area contributed by atoms with E-state index < -0.39 is 12.1 Å². The molecule has 0 amide bonds. The fraction of sp³-hybridized carbons (Fsp3) is 1.00.